The van der Waals surface area contributed by atoms with Crippen LogP contribution >= 0.6 is 0 Å². The highest BCUT2D eigenvalue weighted by Gasteiger charge is 2.48. The molecular formula is C23H24F3N3O5. The molecule has 11 heteroatoms. The molecule has 2 atom stereocenters. The van der Waals surface area contributed by atoms with Gasteiger partial charge in [0.15, 0.2) is 0 Å². The van der Waals surface area contributed by atoms with E-state index in [1.165, 1.54) is 18.2 Å². The normalized spacial score (nSPS) is 19.5. The van der Waals surface area contributed by atoms with E-state index in [1.807, 2.05) is 0 Å². The van der Waals surface area contributed by atoms with Gasteiger partial charge in [0.1, 0.15) is 23.7 Å². The van der Waals surface area contributed by atoms with Crippen LogP contribution in [0, 0.1) is 0 Å². The van der Waals surface area contributed by atoms with Gasteiger partial charge in [0.2, 0.25) is 5.88 Å². The van der Waals surface area contributed by atoms with Gasteiger partial charge in [0.25, 0.3) is 5.91 Å². The number of rotatable bonds is 5. The highest BCUT2D eigenvalue weighted by molar-refractivity contribution is 5.95. The topological polar surface area (TPSA) is 95.5 Å². The first-order chi connectivity index (χ1) is 15.8. The van der Waals surface area contributed by atoms with Crippen LogP contribution in [0.4, 0.5) is 18.0 Å². The monoisotopic (exact) mass is 479 g/mol. The smallest absolute Gasteiger partial charge is 0.433 e. The summed E-state index contributed by atoms with van der Waals surface area (Å²) in [4.78, 5) is 30.6. The third-order valence-electron chi connectivity index (χ3n) is 5.61. The van der Waals surface area contributed by atoms with Gasteiger partial charge in [0.05, 0.1) is 0 Å². The largest absolute Gasteiger partial charge is 0.465 e. The minimum Gasteiger partial charge on any atom is -0.465 e. The molecule has 4 rings (SSSR count). The molecule has 34 heavy (non-hydrogen) atoms. The zero-order valence-corrected chi connectivity index (χ0v) is 18.8. The molecule has 2 saturated heterocycles. The molecule has 1 aromatic heterocycles. The molecule has 2 aliphatic rings. The summed E-state index contributed by atoms with van der Waals surface area (Å²) in [6.45, 7) is 5.63. The molecule has 0 radical (unpaired) electrons. The van der Waals surface area contributed by atoms with Gasteiger partial charge in [-0.25, -0.2) is 9.78 Å². The van der Waals surface area contributed by atoms with Gasteiger partial charge in [-0.1, -0.05) is 6.07 Å². The first kappa shape index (κ1) is 23.8. The number of alkyl halides is 3. The maximum absolute atomic E-state index is 13.5. The van der Waals surface area contributed by atoms with Crippen molar-refractivity contribution in [1.29, 1.82) is 0 Å². The number of halogens is 3. The van der Waals surface area contributed by atoms with Crippen molar-refractivity contribution in [2.24, 2.45) is 0 Å². The maximum Gasteiger partial charge on any atom is 0.433 e. The molecule has 0 bridgehead atoms. The molecule has 8 nitrogen and oxygen atoms in total. The van der Waals surface area contributed by atoms with Crippen molar-refractivity contribution in [2.75, 3.05) is 13.1 Å². The molecule has 0 saturated carbocycles. The second-order valence-electron chi connectivity index (χ2n) is 9.29. The zero-order chi connectivity index (χ0) is 24.8. The number of hydrogen-bond donors (Lipinski definition) is 1. The molecule has 0 aliphatic carbocycles. The molecule has 2 fully saturated rings. The average molecular weight is 479 g/mol. The second kappa shape index (κ2) is 8.46. The standard InChI is InChI=1S/C23H24F3N3O5/c1-22(2,3)29(21(31)32)10-13-7-18(23(24,25)26)27-19(8-13)33-15-6-4-5-14(9-15)20(30)28-11-16-17(12-28)34-16/h4-9,16-17H,10-12H2,1-3H3,(H,31,32). The van der Waals surface area contributed by atoms with Gasteiger partial charge < -0.3 is 19.5 Å². The van der Waals surface area contributed by atoms with Crippen LogP contribution in [-0.4, -0.2) is 62.7 Å². The van der Waals surface area contributed by atoms with Gasteiger partial charge in [-0.05, 0) is 50.6 Å². The molecule has 2 amide bonds. The van der Waals surface area contributed by atoms with Crippen molar-refractivity contribution in [3.8, 4) is 11.6 Å². The van der Waals surface area contributed by atoms with Crippen molar-refractivity contribution >= 4 is 12.0 Å². The van der Waals surface area contributed by atoms with Crippen LogP contribution in [0.5, 0.6) is 11.6 Å². The molecule has 1 N–H and O–H groups in total. The third-order valence-corrected chi connectivity index (χ3v) is 5.61. The number of carbonyl (C=O) groups is 2. The number of nitrogens with zero attached hydrogens (tertiary/aromatic N) is 3. The predicted molar refractivity (Wildman–Crippen MR) is 114 cm³/mol. The Labute approximate surface area is 193 Å². The number of carboxylic acid groups (broad SMARTS) is 1. The molecule has 2 aliphatic heterocycles. The number of benzene rings is 1. The number of fused-ring (bicyclic) bond motifs is 1. The van der Waals surface area contributed by atoms with Crippen molar-refractivity contribution in [1.82, 2.24) is 14.8 Å². The number of hydrogen-bond acceptors (Lipinski definition) is 5. The fourth-order valence-corrected chi connectivity index (χ4v) is 3.79. The number of amides is 2. The van der Waals surface area contributed by atoms with E-state index in [1.54, 1.807) is 37.8 Å². The van der Waals surface area contributed by atoms with Gasteiger partial charge >= 0.3 is 12.3 Å². The quantitative estimate of drug-likeness (QED) is 0.639. The molecule has 3 heterocycles. The van der Waals surface area contributed by atoms with Crippen LogP contribution in [0.2, 0.25) is 0 Å². The van der Waals surface area contributed by atoms with E-state index in [9.17, 15) is 27.9 Å². The highest BCUT2D eigenvalue weighted by atomic mass is 19.4. The van der Waals surface area contributed by atoms with Crippen LogP contribution in [0.3, 0.4) is 0 Å². The van der Waals surface area contributed by atoms with Crippen LogP contribution in [0.1, 0.15) is 42.4 Å². The Kier molecular flexibility index (Phi) is 5.92. The molecule has 0 spiro atoms. The summed E-state index contributed by atoms with van der Waals surface area (Å²) in [6, 6.07) is 8.16. The summed E-state index contributed by atoms with van der Waals surface area (Å²) in [5.41, 5.74) is -1.65. The lowest BCUT2D eigenvalue weighted by molar-refractivity contribution is -0.141. The SMILES string of the molecule is CC(C)(C)N(Cc1cc(Oc2cccc(C(=O)N3CC4OC4C3)c2)nc(C(F)(F)F)c1)C(=O)O. The number of aromatic nitrogens is 1. The maximum atomic E-state index is 13.5. The summed E-state index contributed by atoms with van der Waals surface area (Å²) in [5.74, 6) is -0.444. The van der Waals surface area contributed by atoms with Gasteiger partial charge in [-0.3, -0.25) is 9.69 Å². The average Bonchev–Trinajstić information content (AvgIpc) is 3.34. The fourth-order valence-electron chi connectivity index (χ4n) is 3.79. The number of epoxide rings is 1. The first-order valence-electron chi connectivity index (χ1n) is 10.6. The lowest BCUT2D eigenvalue weighted by atomic mass is 10.1. The Morgan fingerprint density at radius 2 is 1.85 bits per heavy atom. The molecule has 182 valence electrons. The first-order valence-corrected chi connectivity index (χ1v) is 10.6. The highest BCUT2D eigenvalue weighted by Crippen LogP contribution is 2.34. The Balaban J connectivity index is 1.59. The molecular weight excluding hydrogens is 455 g/mol. The zero-order valence-electron chi connectivity index (χ0n) is 18.8. The van der Waals surface area contributed by atoms with Crippen molar-refractivity contribution < 1.29 is 37.3 Å². The van der Waals surface area contributed by atoms with E-state index in [4.69, 9.17) is 9.47 Å². The lowest BCUT2D eigenvalue weighted by Gasteiger charge is -2.33. The summed E-state index contributed by atoms with van der Waals surface area (Å²) in [7, 11) is 0. The van der Waals surface area contributed by atoms with Gasteiger partial charge in [0, 0.05) is 36.8 Å². The van der Waals surface area contributed by atoms with Crippen molar-refractivity contribution in [3.05, 3.63) is 53.2 Å². The molecule has 2 unspecified atom stereocenters. The van der Waals surface area contributed by atoms with Crippen LogP contribution in [0.25, 0.3) is 0 Å². The minimum atomic E-state index is -4.76. The van der Waals surface area contributed by atoms with Crippen LogP contribution in [-0.2, 0) is 17.5 Å². The van der Waals surface area contributed by atoms with Gasteiger partial charge in [-0.15, -0.1) is 0 Å². The number of likely N-dealkylation sites (tertiary alicyclic amines) is 1. The summed E-state index contributed by atoms with van der Waals surface area (Å²) < 4.78 is 51.4. The van der Waals surface area contributed by atoms with Crippen LogP contribution in [0.15, 0.2) is 36.4 Å². The summed E-state index contributed by atoms with van der Waals surface area (Å²) >= 11 is 0. The fraction of sp³-hybridized carbons (Fsp3) is 0.435. The Bertz CT molecular complexity index is 1110. The van der Waals surface area contributed by atoms with E-state index in [-0.39, 0.29) is 41.9 Å². The summed E-state index contributed by atoms with van der Waals surface area (Å²) in [5, 5.41) is 9.51. The van der Waals surface area contributed by atoms with Crippen molar-refractivity contribution in [2.45, 2.75) is 51.2 Å². The van der Waals surface area contributed by atoms with Crippen LogP contribution < -0.4 is 4.74 Å². The Morgan fingerprint density at radius 3 is 2.44 bits per heavy atom. The molecule has 1 aromatic carbocycles. The Morgan fingerprint density at radius 1 is 1.18 bits per heavy atom. The third kappa shape index (κ3) is 5.24. The Hall–Kier alpha value is -3.34. The molecule has 2 aromatic rings. The number of carbonyl (C=O) groups excluding carboxylic acids is 1. The number of morpholine rings is 1. The summed E-state index contributed by atoms with van der Waals surface area (Å²) in [6.07, 6.45) is -5.87. The van der Waals surface area contributed by atoms with E-state index in [2.05, 4.69) is 4.98 Å². The minimum absolute atomic E-state index is 0.0678. The van der Waals surface area contributed by atoms with Crippen molar-refractivity contribution in [3.63, 3.8) is 0 Å². The number of pyridine rings is 1. The van der Waals surface area contributed by atoms with E-state index in [0.717, 1.165) is 11.0 Å². The van der Waals surface area contributed by atoms with E-state index < -0.39 is 23.5 Å². The van der Waals surface area contributed by atoms with E-state index in [0.29, 0.717) is 18.7 Å². The lowest BCUT2D eigenvalue weighted by Crippen LogP contribution is -2.44. The second-order valence-corrected chi connectivity index (χ2v) is 9.29. The predicted octanol–water partition coefficient (Wildman–Crippen LogP) is 4.39. The van der Waals surface area contributed by atoms with Gasteiger partial charge in [-0.2, -0.15) is 13.2 Å². The number of ether oxygens (including phenoxy) is 2. The van der Waals surface area contributed by atoms with E-state index >= 15 is 0 Å².